The van der Waals surface area contributed by atoms with E-state index in [4.69, 9.17) is 0 Å². The summed E-state index contributed by atoms with van der Waals surface area (Å²) >= 11 is 0. The zero-order valence-electron chi connectivity index (χ0n) is 11.6. The van der Waals surface area contributed by atoms with Gasteiger partial charge in [-0.1, -0.05) is 36.8 Å². The van der Waals surface area contributed by atoms with Gasteiger partial charge in [-0.05, 0) is 24.8 Å². The normalized spacial score (nSPS) is 22.6. The van der Waals surface area contributed by atoms with Gasteiger partial charge in [0, 0.05) is 12.6 Å². The molecule has 2 amide bonds. The van der Waals surface area contributed by atoms with Gasteiger partial charge in [-0.3, -0.25) is 0 Å². The third kappa shape index (κ3) is 4.95. The quantitative estimate of drug-likeness (QED) is 0.879. The zero-order valence-corrected chi connectivity index (χ0v) is 11.6. The minimum atomic E-state index is -4.17. The number of rotatable bonds is 3. The molecule has 0 aromatic heterocycles. The van der Waals surface area contributed by atoms with Gasteiger partial charge in [-0.2, -0.15) is 13.2 Å². The van der Waals surface area contributed by atoms with Gasteiger partial charge in [0.05, 0.1) is 5.92 Å². The minimum Gasteiger partial charge on any atom is -0.335 e. The molecule has 2 unspecified atom stereocenters. The molecule has 116 valence electrons. The monoisotopic (exact) mass is 300 g/mol. The summed E-state index contributed by atoms with van der Waals surface area (Å²) in [4.78, 5) is 11.7. The van der Waals surface area contributed by atoms with Crippen LogP contribution in [0.25, 0.3) is 0 Å². The first kappa shape index (κ1) is 15.7. The number of hydrogen-bond acceptors (Lipinski definition) is 1. The fraction of sp³-hybridized carbons (Fsp3) is 0.533. The number of carbonyl (C=O) groups is 1. The van der Waals surface area contributed by atoms with Crippen LogP contribution in [0.5, 0.6) is 0 Å². The fourth-order valence-corrected chi connectivity index (χ4v) is 2.63. The lowest BCUT2D eigenvalue weighted by molar-refractivity contribution is -0.183. The fourth-order valence-electron chi connectivity index (χ4n) is 2.63. The van der Waals surface area contributed by atoms with Crippen molar-refractivity contribution in [2.24, 2.45) is 5.92 Å². The largest absolute Gasteiger partial charge is 0.391 e. The summed E-state index contributed by atoms with van der Waals surface area (Å²) < 4.78 is 38.1. The Hall–Kier alpha value is -1.72. The summed E-state index contributed by atoms with van der Waals surface area (Å²) in [7, 11) is 0. The van der Waals surface area contributed by atoms with Crippen LogP contribution in [-0.4, -0.2) is 18.2 Å². The molecule has 2 N–H and O–H groups in total. The van der Waals surface area contributed by atoms with E-state index in [1.165, 1.54) is 0 Å². The Morgan fingerprint density at radius 3 is 2.57 bits per heavy atom. The third-order valence-corrected chi connectivity index (χ3v) is 3.77. The zero-order chi connectivity index (χ0) is 15.3. The van der Waals surface area contributed by atoms with Gasteiger partial charge in [0.2, 0.25) is 0 Å². The maximum Gasteiger partial charge on any atom is 0.391 e. The van der Waals surface area contributed by atoms with E-state index < -0.39 is 24.2 Å². The van der Waals surface area contributed by atoms with E-state index in [0.29, 0.717) is 19.4 Å². The average Bonchev–Trinajstić information content (AvgIpc) is 2.46. The highest BCUT2D eigenvalue weighted by Gasteiger charge is 2.42. The van der Waals surface area contributed by atoms with Crippen molar-refractivity contribution in [3.8, 4) is 0 Å². The number of hydrogen-bond donors (Lipinski definition) is 2. The third-order valence-electron chi connectivity index (χ3n) is 3.77. The van der Waals surface area contributed by atoms with Crippen molar-refractivity contribution in [2.75, 3.05) is 0 Å². The molecule has 2 atom stereocenters. The van der Waals surface area contributed by atoms with Crippen molar-refractivity contribution in [1.29, 1.82) is 0 Å². The van der Waals surface area contributed by atoms with Crippen LogP contribution >= 0.6 is 0 Å². The van der Waals surface area contributed by atoms with Crippen molar-refractivity contribution < 1.29 is 18.0 Å². The lowest BCUT2D eigenvalue weighted by atomic mass is 9.85. The molecule has 0 radical (unpaired) electrons. The van der Waals surface area contributed by atoms with E-state index in [2.05, 4.69) is 10.6 Å². The molecule has 2 rings (SSSR count). The molecular weight excluding hydrogens is 281 g/mol. The summed E-state index contributed by atoms with van der Waals surface area (Å²) in [6.45, 7) is 0.363. The molecular formula is C15H19F3N2O. The Kier molecular flexibility index (Phi) is 5.09. The first-order valence-electron chi connectivity index (χ1n) is 7.10. The Balaban J connectivity index is 1.77. The minimum absolute atomic E-state index is 0.0255. The van der Waals surface area contributed by atoms with Crippen molar-refractivity contribution >= 4 is 6.03 Å². The van der Waals surface area contributed by atoms with Crippen LogP contribution in [0.15, 0.2) is 30.3 Å². The topological polar surface area (TPSA) is 41.1 Å². The summed E-state index contributed by atoms with van der Waals surface area (Å²) in [6.07, 6.45) is -2.93. The highest BCUT2D eigenvalue weighted by molar-refractivity contribution is 5.74. The summed E-state index contributed by atoms with van der Waals surface area (Å²) in [5, 5.41) is 5.31. The second kappa shape index (κ2) is 6.83. The van der Waals surface area contributed by atoms with Gasteiger partial charge in [0.1, 0.15) is 0 Å². The molecule has 3 nitrogen and oxygen atoms in total. The maximum atomic E-state index is 12.7. The molecule has 1 aromatic carbocycles. The Bertz CT molecular complexity index is 462. The van der Waals surface area contributed by atoms with Gasteiger partial charge in [0.25, 0.3) is 0 Å². The molecule has 0 aliphatic heterocycles. The van der Waals surface area contributed by atoms with Crippen molar-refractivity contribution in [3.05, 3.63) is 35.9 Å². The molecule has 1 aliphatic rings. The van der Waals surface area contributed by atoms with Crippen LogP contribution in [0.3, 0.4) is 0 Å². The Morgan fingerprint density at radius 1 is 1.19 bits per heavy atom. The van der Waals surface area contributed by atoms with E-state index in [9.17, 15) is 18.0 Å². The van der Waals surface area contributed by atoms with Gasteiger partial charge in [-0.25, -0.2) is 4.79 Å². The molecule has 0 heterocycles. The molecule has 1 aliphatic carbocycles. The Morgan fingerprint density at radius 2 is 1.90 bits per heavy atom. The van der Waals surface area contributed by atoms with Crippen LogP contribution in [-0.2, 0) is 6.54 Å². The molecule has 0 saturated heterocycles. The first-order chi connectivity index (χ1) is 9.95. The van der Waals surface area contributed by atoms with Crippen LogP contribution in [0, 0.1) is 5.92 Å². The van der Waals surface area contributed by atoms with E-state index in [0.717, 1.165) is 5.56 Å². The van der Waals surface area contributed by atoms with E-state index >= 15 is 0 Å². The van der Waals surface area contributed by atoms with E-state index in [1.807, 2.05) is 30.3 Å². The highest BCUT2D eigenvalue weighted by Crippen LogP contribution is 2.37. The molecule has 0 bridgehead atoms. The van der Waals surface area contributed by atoms with Crippen LogP contribution in [0.2, 0.25) is 0 Å². The lowest BCUT2D eigenvalue weighted by Gasteiger charge is -2.31. The molecule has 1 aromatic rings. The summed E-state index contributed by atoms with van der Waals surface area (Å²) in [6, 6.07) is 8.55. The molecule has 21 heavy (non-hydrogen) atoms. The van der Waals surface area contributed by atoms with Crippen LogP contribution < -0.4 is 10.6 Å². The van der Waals surface area contributed by atoms with Crippen molar-refractivity contribution in [1.82, 2.24) is 10.6 Å². The van der Waals surface area contributed by atoms with Crippen LogP contribution in [0.4, 0.5) is 18.0 Å². The lowest BCUT2D eigenvalue weighted by Crippen LogP contribution is -2.45. The standard InChI is InChI=1S/C15H19F3N2O/c16-15(17,18)12-7-4-8-13(9-12)20-14(21)19-10-11-5-2-1-3-6-11/h1-3,5-6,12-13H,4,7-10H2,(H2,19,20,21). The first-order valence-corrected chi connectivity index (χ1v) is 7.10. The molecule has 0 spiro atoms. The number of urea groups is 1. The number of benzene rings is 1. The maximum absolute atomic E-state index is 12.7. The smallest absolute Gasteiger partial charge is 0.335 e. The predicted molar refractivity (Wildman–Crippen MR) is 73.6 cm³/mol. The van der Waals surface area contributed by atoms with Crippen LogP contribution in [0.1, 0.15) is 31.2 Å². The number of amides is 2. The summed E-state index contributed by atoms with van der Waals surface area (Å²) in [5.74, 6) is -1.30. The predicted octanol–water partition coefficient (Wildman–Crippen LogP) is 3.61. The van der Waals surface area contributed by atoms with Gasteiger partial charge in [0.15, 0.2) is 0 Å². The molecule has 1 fully saturated rings. The number of carbonyl (C=O) groups excluding carboxylic acids is 1. The average molecular weight is 300 g/mol. The second-order valence-corrected chi connectivity index (χ2v) is 5.41. The van der Waals surface area contributed by atoms with E-state index in [-0.39, 0.29) is 12.8 Å². The number of halogens is 3. The Labute approximate surface area is 121 Å². The van der Waals surface area contributed by atoms with Gasteiger partial charge < -0.3 is 10.6 Å². The highest BCUT2D eigenvalue weighted by atomic mass is 19.4. The van der Waals surface area contributed by atoms with Crippen molar-refractivity contribution in [3.63, 3.8) is 0 Å². The number of nitrogens with one attached hydrogen (secondary N) is 2. The van der Waals surface area contributed by atoms with Gasteiger partial charge >= 0.3 is 12.2 Å². The second-order valence-electron chi connectivity index (χ2n) is 5.41. The summed E-state index contributed by atoms with van der Waals surface area (Å²) in [5.41, 5.74) is 0.949. The molecule has 1 saturated carbocycles. The number of alkyl halides is 3. The van der Waals surface area contributed by atoms with Crippen molar-refractivity contribution in [2.45, 2.75) is 44.4 Å². The molecule has 6 heteroatoms. The van der Waals surface area contributed by atoms with E-state index in [1.54, 1.807) is 0 Å². The SMILES string of the molecule is O=C(NCc1ccccc1)NC1CCCC(C(F)(F)F)C1. The van der Waals surface area contributed by atoms with Gasteiger partial charge in [-0.15, -0.1) is 0 Å².